The Bertz CT molecular complexity index is 774. The molecule has 0 aromatic heterocycles. The largest absolute Gasteiger partial charge is 0.435 e. The van der Waals surface area contributed by atoms with E-state index in [-0.39, 0.29) is 16.7 Å². The number of halogens is 4. The zero-order valence-electron chi connectivity index (χ0n) is 14.2. The molecule has 1 N–H and O–H groups in total. The second-order valence-corrected chi connectivity index (χ2v) is 6.14. The van der Waals surface area contributed by atoms with Crippen LogP contribution in [-0.2, 0) is 11.3 Å². The highest BCUT2D eigenvalue weighted by Crippen LogP contribution is 2.20. The van der Waals surface area contributed by atoms with Crippen LogP contribution in [0.25, 0.3) is 0 Å². The number of nitrogens with one attached hydrogen (secondary N) is 1. The Balaban J connectivity index is 1.98. The van der Waals surface area contributed by atoms with Crippen molar-refractivity contribution in [3.8, 4) is 5.75 Å². The van der Waals surface area contributed by atoms with Gasteiger partial charge in [-0.05, 0) is 49.9 Å². The van der Waals surface area contributed by atoms with Gasteiger partial charge in [0.05, 0.1) is 11.1 Å². The average molecular weight is 387 g/mol. The molecule has 2 aromatic rings. The highest BCUT2D eigenvalue weighted by atomic mass is 35.5. The van der Waals surface area contributed by atoms with Crippen LogP contribution in [-0.4, -0.2) is 30.5 Å². The maximum atomic E-state index is 13.2. The number of carbonyl (C=O) groups is 1. The molecule has 140 valence electrons. The summed E-state index contributed by atoms with van der Waals surface area (Å²) in [6.07, 6.45) is 0. The Kier molecular flexibility index (Phi) is 6.88. The number of ether oxygens (including phenoxy) is 1. The van der Waals surface area contributed by atoms with Crippen molar-refractivity contribution in [2.45, 2.75) is 26.1 Å². The summed E-state index contributed by atoms with van der Waals surface area (Å²) in [7, 11) is 1.72. The van der Waals surface area contributed by atoms with Crippen LogP contribution in [0.15, 0.2) is 42.5 Å². The van der Waals surface area contributed by atoms with E-state index in [1.54, 1.807) is 31.0 Å². The van der Waals surface area contributed by atoms with E-state index in [0.29, 0.717) is 12.2 Å². The van der Waals surface area contributed by atoms with Crippen LogP contribution in [0.1, 0.15) is 12.5 Å². The maximum absolute atomic E-state index is 13.2. The number of rotatable bonds is 7. The molecule has 0 aliphatic heterocycles. The predicted molar refractivity (Wildman–Crippen MR) is 94.0 cm³/mol. The van der Waals surface area contributed by atoms with E-state index in [0.717, 1.165) is 5.56 Å². The van der Waals surface area contributed by atoms with Gasteiger partial charge in [0, 0.05) is 12.2 Å². The highest BCUT2D eigenvalue weighted by Gasteiger charge is 2.19. The number of amides is 1. The van der Waals surface area contributed by atoms with Crippen LogP contribution >= 0.6 is 11.6 Å². The maximum Gasteiger partial charge on any atom is 0.387 e. The van der Waals surface area contributed by atoms with Crippen molar-refractivity contribution in [1.82, 2.24) is 4.90 Å². The third-order valence-electron chi connectivity index (χ3n) is 3.78. The molecule has 0 aliphatic rings. The van der Waals surface area contributed by atoms with E-state index in [1.807, 2.05) is 0 Å². The second-order valence-electron chi connectivity index (χ2n) is 5.74. The quantitative estimate of drug-likeness (QED) is 0.759. The van der Waals surface area contributed by atoms with E-state index >= 15 is 0 Å². The fourth-order valence-electron chi connectivity index (χ4n) is 2.27. The Morgan fingerprint density at radius 2 is 2.00 bits per heavy atom. The smallest absolute Gasteiger partial charge is 0.387 e. The number of alkyl halides is 2. The third-order valence-corrected chi connectivity index (χ3v) is 4.07. The van der Waals surface area contributed by atoms with Gasteiger partial charge in [-0.25, -0.2) is 4.39 Å². The van der Waals surface area contributed by atoms with Crippen molar-refractivity contribution in [2.24, 2.45) is 0 Å². The zero-order valence-corrected chi connectivity index (χ0v) is 14.9. The Labute approximate surface area is 154 Å². The van der Waals surface area contributed by atoms with Crippen LogP contribution in [0.5, 0.6) is 5.75 Å². The Hall–Kier alpha value is -2.25. The summed E-state index contributed by atoms with van der Waals surface area (Å²) < 4.78 is 42.1. The molecule has 2 rings (SSSR count). The van der Waals surface area contributed by atoms with Crippen molar-refractivity contribution in [3.63, 3.8) is 0 Å². The number of likely N-dealkylation sites (N-methyl/N-ethyl adjacent to an activating group) is 1. The van der Waals surface area contributed by atoms with Crippen molar-refractivity contribution < 1.29 is 22.7 Å². The summed E-state index contributed by atoms with van der Waals surface area (Å²) in [6, 6.07) is 9.66. The van der Waals surface area contributed by atoms with E-state index in [2.05, 4.69) is 10.1 Å². The first-order valence-corrected chi connectivity index (χ1v) is 8.14. The SMILES string of the molecule is CC(C(=O)Nc1ccc(F)c(Cl)c1)N(C)Cc1cccc(OC(F)F)c1. The molecule has 0 saturated carbocycles. The molecule has 1 unspecified atom stereocenters. The molecule has 0 radical (unpaired) electrons. The molecule has 26 heavy (non-hydrogen) atoms. The van der Waals surface area contributed by atoms with E-state index in [4.69, 9.17) is 11.6 Å². The first-order chi connectivity index (χ1) is 12.3. The standard InChI is InChI=1S/C18H18ClF3N2O2/c1-11(17(25)23-13-6-7-16(20)15(19)9-13)24(2)10-12-4-3-5-14(8-12)26-18(21)22/h3-9,11,18H,10H2,1-2H3,(H,23,25). The van der Waals surface area contributed by atoms with Gasteiger partial charge in [0.25, 0.3) is 0 Å². The van der Waals surface area contributed by atoms with Crippen LogP contribution in [0.3, 0.4) is 0 Å². The number of hydrogen-bond acceptors (Lipinski definition) is 3. The monoisotopic (exact) mass is 386 g/mol. The summed E-state index contributed by atoms with van der Waals surface area (Å²) in [5.74, 6) is -0.820. The summed E-state index contributed by atoms with van der Waals surface area (Å²) in [5.41, 5.74) is 1.10. The lowest BCUT2D eigenvalue weighted by Crippen LogP contribution is -2.39. The lowest BCUT2D eigenvalue weighted by atomic mass is 10.1. The van der Waals surface area contributed by atoms with Gasteiger partial charge in [-0.2, -0.15) is 8.78 Å². The normalized spacial score (nSPS) is 12.3. The Morgan fingerprint density at radius 1 is 1.27 bits per heavy atom. The van der Waals surface area contributed by atoms with Gasteiger partial charge in [0.2, 0.25) is 5.91 Å². The van der Waals surface area contributed by atoms with E-state index in [1.165, 1.54) is 30.3 Å². The number of benzene rings is 2. The van der Waals surface area contributed by atoms with Gasteiger partial charge >= 0.3 is 6.61 Å². The first-order valence-electron chi connectivity index (χ1n) is 7.76. The molecule has 0 fully saturated rings. The number of nitrogens with zero attached hydrogens (tertiary/aromatic N) is 1. The van der Waals surface area contributed by atoms with Gasteiger partial charge in [-0.15, -0.1) is 0 Å². The molecule has 0 bridgehead atoms. The number of hydrogen-bond donors (Lipinski definition) is 1. The highest BCUT2D eigenvalue weighted by molar-refractivity contribution is 6.31. The summed E-state index contributed by atoms with van der Waals surface area (Å²) in [4.78, 5) is 14.1. The predicted octanol–water partition coefficient (Wildman–Crippen LogP) is 4.54. The fourth-order valence-corrected chi connectivity index (χ4v) is 2.45. The number of carbonyl (C=O) groups excluding carboxylic acids is 1. The molecule has 1 atom stereocenters. The second kappa shape index (κ2) is 8.91. The molecule has 4 nitrogen and oxygen atoms in total. The summed E-state index contributed by atoms with van der Waals surface area (Å²) in [6.45, 7) is -0.852. The summed E-state index contributed by atoms with van der Waals surface area (Å²) in [5, 5.41) is 2.57. The van der Waals surface area contributed by atoms with Crippen LogP contribution in [0.2, 0.25) is 5.02 Å². The van der Waals surface area contributed by atoms with Gasteiger partial charge in [-0.3, -0.25) is 9.69 Å². The average Bonchev–Trinajstić information content (AvgIpc) is 2.57. The minimum absolute atomic E-state index is 0.0592. The van der Waals surface area contributed by atoms with Gasteiger partial charge < -0.3 is 10.1 Å². The summed E-state index contributed by atoms with van der Waals surface area (Å²) >= 11 is 5.70. The van der Waals surface area contributed by atoms with Gasteiger partial charge in [0.1, 0.15) is 11.6 Å². The van der Waals surface area contributed by atoms with E-state index < -0.39 is 18.5 Å². The minimum Gasteiger partial charge on any atom is -0.435 e. The topological polar surface area (TPSA) is 41.6 Å². The lowest BCUT2D eigenvalue weighted by Gasteiger charge is -2.24. The molecule has 0 aliphatic carbocycles. The third kappa shape index (κ3) is 5.64. The minimum atomic E-state index is -2.89. The molecule has 0 spiro atoms. The molecule has 0 saturated heterocycles. The lowest BCUT2D eigenvalue weighted by molar-refractivity contribution is -0.120. The van der Waals surface area contributed by atoms with Gasteiger partial charge in [0.15, 0.2) is 0 Å². The molecule has 1 amide bonds. The number of anilines is 1. The van der Waals surface area contributed by atoms with Crippen molar-refractivity contribution in [1.29, 1.82) is 0 Å². The van der Waals surface area contributed by atoms with Gasteiger partial charge in [-0.1, -0.05) is 23.7 Å². The van der Waals surface area contributed by atoms with E-state index in [9.17, 15) is 18.0 Å². The van der Waals surface area contributed by atoms with Crippen molar-refractivity contribution >= 4 is 23.2 Å². The first kappa shape index (κ1) is 20.1. The zero-order chi connectivity index (χ0) is 19.3. The van der Waals surface area contributed by atoms with Crippen molar-refractivity contribution in [3.05, 3.63) is 58.9 Å². The molecular formula is C18H18ClF3N2O2. The fraction of sp³-hybridized carbons (Fsp3) is 0.278. The Morgan fingerprint density at radius 3 is 2.65 bits per heavy atom. The molecular weight excluding hydrogens is 369 g/mol. The van der Waals surface area contributed by atoms with Crippen LogP contribution in [0.4, 0.5) is 18.9 Å². The molecule has 2 aromatic carbocycles. The van der Waals surface area contributed by atoms with Crippen LogP contribution in [0, 0.1) is 5.82 Å². The van der Waals surface area contributed by atoms with Crippen molar-refractivity contribution in [2.75, 3.05) is 12.4 Å². The van der Waals surface area contributed by atoms with Crippen LogP contribution < -0.4 is 10.1 Å². The molecule has 0 heterocycles. The molecule has 8 heteroatoms.